The first-order valence-electron chi connectivity index (χ1n) is 12.2. The van der Waals surface area contributed by atoms with Gasteiger partial charge < -0.3 is 20.1 Å². The Bertz CT molecular complexity index is 1050. The molecule has 2 aromatic rings. The zero-order valence-electron chi connectivity index (χ0n) is 19.1. The molecule has 7 nitrogen and oxygen atoms in total. The van der Waals surface area contributed by atoms with Crippen molar-refractivity contribution in [3.05, 3.63) is 59.7 Å². The minimum absolute atomic E-state index is 0.0134. The Labute approximate surface area is 199 Å². The molecule has 2 unspecified atom stereocenters. The lowest BCUT2D eigenvalue weighted by Gasteiger charge is -2.29. The quantitative estimate of drug-likeness (QED) is 0.672. The molecule has 1 saturated carbocycles. The minimum Gasteiger partial charge on any atom is -0.481 e. The Morgan fingerprint density at radius 3 is 2.29 bits per heavy atom. The molecule has 3 atom stereocenters. The van der Waals surface area contributed by atoms with Gasteiger partial charge in [-0.15, -0.1) is 0 Å². The Kier molecular flexibility index (Phi) is 6.26. The van der Waals surface area contributed by atoms with Crippen LogP contribution in [0.25, 0.3) is 11.1 Å². The van der Waals surface area contributed by atoms with Gasteiger partial charge in [0, 0.05) is 24.5 Å². The smallest absolute Gasteiger partial charge is 0.407 e. The number of likely N-dealkylation sites (tertiary alicyclic amines) is 1. The lowest BCUT2D eigenvalue weighted by Crippen LogP contribution is -2.47. The van der Waals surface area contributed by atoms with E-state index in [1.165, 1.54) is 11.1 Å². The molecular formula is C27H30N2O5. The molecule has 0 bridgehead atoms. The molecule has 2 fully saturated rings. The number of rotatable bonds is 6. The van der Waals surface area contributed by atoms with Gasteiger partial charge in [-0.2, -0.15) is 0 Å². The number of carboxylic acid groups (broad SMARTS) is 1. The largest absolute Gasteiger partial charge is 0.481 e. The van der Waals surface area contributed by atoms with Gasteiger partial charge in [-0.05, 0) is 47.9 Å². The van der Waals surface area contributed by atoms with Crippen LogP contribution in [0.15, 0.2) is 48.5 Å². The zero-order chi connectivity index (χ0) is 23.7. The van der Waals surface area contributed by atoms with Crippen molar-refractivity contribution in [3.63, 3.8) is 0 Å². The molecule has 2 aliphatic carbocycles. The minimum atomic E-state index is -0.885. The number of nitrogens with zero attached hydrogens (tertiary/aromatic N) is 1. The molecule has 2 N–H and O–H groups in total. The summed E-state index contributed by atoms with van der Waals surface area (Å²) in [4.78, 5) is 38.9. The number of hydrogen-bond donors (Lipinski definition) is 2. The number of carbonyl (C=O) groups excluding carboxylic acids is 2. The number of amides is 2. The first-order chi connectivity index (χ1) is 16.5. The highest BCUT2D eigenvalue weighted by molar-refractivity contribution is 5.82. The van der Waals surface area contributed by atoms with E-state index in [0.29, 0.717) is 13.0 Å². The van der Waals surface area contributed by atoms with Crippen molar-refractivity contribution < 1.29 is 24.2 Å². The first kappa shape index (κ1) is 22.4. The summed E-state index contributed by atoms with van der Waals surface area (Å²) in [5.41, 5.74) is 4.66. The summed E-state index contributed by atoms with van der Waals surface area (Å²) in [6.07, 6.45) is 3.28. The second kappa shape index (κ2) is 9.49. The third-order valence-corrected chi connectivity index (χ3v) is 7.55. The Balaban J connectivity index is 1.21. The van der Waals surface area contributed by atoms with E-state index in [-0.39, 0.29) is 42.9 Å². The van der Waals surface area contributed by atoms with E-state index >= 15 is 0 Å². The number of aliphatic carboxylic acids is 1. The molecular weight excluding hydrogens is 432 g/mol. The van der Waals surface area contributed by atoms with E-state index in [2.05, 4.69) is 29.6 Å². The number of fused-ring (bicyclic) bond motifs is 3. The van der Waals surface area contributed by atoms with Crippen molar-refractivity contribution in [2.24, 2.45) is 5.92 Å². The lowest BCUT2D eigenvalue weighted by atomic mass is 9.98. The van der Waals surface area contributed by atoms with Gasteiger partial charge in [-0.25, -0.2) is 4.79 Å². The average Bonchev–Trinajstić information content (AvgIpc) is 3.55. The van der Waals surface area contributed by atoms with Crippen molar-refractivity contribution in [1.82, 2.24) is 10.2 Å². The van der Waals surface area contributed by atoms with Crippen molar-refractivity contribution in [2.75, 3.05) is 13.2 Å². The van der Waals surface area contributed by atoms with Gasteiger partial charge >= 0.3 is 12.1 Å². The molecule has 1 aliphatic heterocycles. The van der Waals surface area contributed by atoms with Crippen LogP contribution >= 0.6 is 0 Å². The maximum atomic E-state index is 13.2. The summed E-state index contributed by atoms with van der Waals surface area (Å²) in [5, 5.41) is 12.1. The standard InChI is InChI=1S/C27H30N2O5/c30-25(31)15-17-7-6-14-29(17)26(32)22-12-5-13-24(22)28-27(33)34-16-23-20-10-3-1-8-18(20)19-9-2-4-11-21(19)23/h1-4,8-11,17,22-24H,5-7,12-16H2,(H,28,33)(H,30,31)/t17-,22?,24?/m1/s1. The number of carbonyl (C=O) groups is 3. The predicted molar refractivity (Wildman–Crippen MR) is 126 cm³/mol. The molecule has 0 radical (unpaired) electrons. The number of benzene rings is 2. The summed E-state index contributed by atoms with van der Waals surface area (Å²) in [7, 11) is 0. The second-order valence-electron chi connectivity index (χ2n) is 9.54. The van der Waals surface area contributed by atoms with Crippen LogP contribution in [0.3, 0.4) is 0 Å². The van der Waals surface area contributed by atoms with Gasteiger partial charge in [-0.1, -0.05) is 55.0 Å². The molecule has 3 aliphatic rings. The Morgan fingerprint density at radius 1 is 0.941 bits per heavy atom. The molecule has 2 amide bonds. The molecule has 7 heteroatoms. The maximum Gasteiger partial charge on any atom is 0.407 e. The van der Waals surface area contributed by atoms with Gasteiger partial charge in [0.1, 0.15) is 6.61 Å². The van der Waals surface area contributed by atoms with Crippen molar-refractivity contribution in [1.29, 1.82) is 0 Å². The van der Waals surface area contributed by atoms with Crippen molar-refractivity contribution in [2.45, 2.75) is 56.5 Å². The number of carboxylic acids is 1. The number of hydrogen-bond acceptors (Lipinski definition) is 4. The summed E-state index contributed by atoms with van der Waals surface area (Å²) in [5.74, 6) is -1.26. The van der Waals surface area contributed by atoms with Crippen molar-refractivity contribution >= 4 is 18.0 Å². The fourth-order valence-corrected chi connectivity index (χ4v) is 5.97. The lowest BCUT2D eigenvalue weighted by molar-refractivity contribution is -0.141. The molecule has 178 valence electrons. The van der Waals surface area contributed by atoms with Crippen LogP contribution in [0.4, 0.5) is 4.79 Å². The van der Waals surface area contributed by atoms with Crippen LogP contribution in [0.2, 0.25) is 0 Å². The number of alkyl carbamates (subject to hydrolysis) is 1. The van der Waals surface area contributed by atoms with Gasteiger partial charge in [-0.3, -0.25) is 9.59 Å². The summed E-state index contributed by atoms with van der Waals surface area (Å²) in [6.45, 7) is 0.822. The van der Waals surface area contributed by atoms with E-state index in [1.807, 2.05) is 24.3 Å². The van der Waals surface area contributed by atoms with Gasteiger partial charge in [0.15, 0.2) is 0 Å². The third-order valence-electron chi connectivity index (χ3n) is 7.55. The van der Waals surface area contributed by atoms with E-state index in [1.54, 1.807) is 4.90 Å². The second-order valence-corrected chi connectivity index (χ2v) is 9.54. The predicted octanol–water partition coefficient (Wildman–Crippen LogP) is 4.16. The molecule has 0 aromatic heterocycles. The SMILES string of the molecule is O=C(O)C[C@H]1CCCN1C(=O)C1CCCC1NC(=O)OCC1c2ccccc2-c2ccccc21. The van der Waals surface area contributed by atoms with E-state index in [0.717, 1.165) is 36.8 Å². The highest BCUT2D eigenvalue weighted by Gasteiger charge is 2.40. The Morgan fingerprint density at radius 2 is 1.62 bits per heavy atom. The van der Waals surface area contributed by atoms with Crippen LogP contribution < -0.4 is 5.32 Å². The van der Waals surface area contributed by atoms with E-state index in [4.69, 9.17) is 9.84 Å². The highest BCUT2D eigenvalue weighted by Crippen LogP contribution is 2.44. The third kappa shape index (κ3) is 4.27. The van der Waals surface area contributed by atoms with Gasteiger partial charge in [0.2, 0.25) is 5.91 Å². The van der Waals surface area contributed by atoms with Crippen LogP contribution in [0.1, 0.15) is 55.6 Å². The topological polar surface area (TPSA) is 95.9 Å². The Hall–Kier alpha value is -3.35. The van der Waals surface area contributed by atoms with Crippen LogP contribution in [0, 0.1) is 5.92 Å². The van der Waals surface area contributed by atoms with Gasteiger partial charge in [0.05, 0.1) is 12.3 Å². The average molecular weight is 463 g/mol. The zero-order valence-corrected chi connectivity index (χ0v) is 19.1. The fourth-order valence-electron chi connectivity index (χ4n) is 5.97. The molecule has 5 rings (SSSR count). The first-order valence-corrected chi connectivity index (χ1v) is 12.2. The molecule has 1 saturated heterocycles. The summed E-state index contributed by atoms with van der Waals surface area (Å²) in [6, 6.07) is 15.9. The number of ether oxygens (including phenoxy) is 1. The molecule has 34 heavy (non-hydrogen) atoms. The number of nitrogens with one attached hydrogen (secondary N) is 1. The molecule has 0 spiro atoms. The highest BCUT2D eigenvalue weighted by atomic mass is 16.5. The monoisotopic (exact) mass is 462 g/mol. The normalized spacial score (nSPS) is 23.4. The molecule has 2 aromatic carbocycles. The van der Waals surface area contributed by atoms with Crippen LogP contribution in [0.5, 0.6) is 0 Å². The van der Waals surface area contributed by atoms with Crippen molar-refractivity contribution in [3.8, 4) is 11.1 Å². The van der Waals surface area contributed by atoms with E-state index in [9.17, 15) is 14.4 Å². The maximum absolute atomic E-state index is 13.2. The van der Waals surface area contributed by atoms with Crippen LogP contribution in [-0.4, -0.2) is 53.2 Å². The summed E-state index contributed by atoms with van der Waals surface area (Å²) >= 11 is 0. The van der Waals surface area contributed by atoms with Crippen LogP contribution in [-0.2, 0) is 14.3 Å². The fraction of sp³-hybridized carbons (Fsp3) is 0.444. The molecule has 1 heterocycles. The summed E-state index contributed by atoms with van der Waals surface area (Å²) < 4.78 is 5.68. The van der Waals surface area contributed by atoms with Gasteiger partial charge in [0.25, 0.3) is 0 Å². The van der Waals surface area contributed by atoms with E-state index < -0.39 is 12.1 Å².